The normalized spacial score (nSPS) is 30.9. The van der Waals surface area contributed by atoms with Crippen LogP contribution in [0.2, 0.25) is 0 Å². The minimum Gasteiger partial charge on any atom is -0.303 e. The summed E-state index contributed by atoms with van der Waals surface area (Å²) < 4.78 is 31.6. The van der Waals surface area contributed by atoms with Gasteiger partial charge in [0.2, 0.25) is 0 Å². The molecule has 7 nitrogen and oxygen atoms in total. The Morgan fingerprint density at radius 1 is 1.35 bits per heavy atom. The van der Waals surface area contributed by atoms with Crippen molar-refractivity contribution in [1.82, 2.24) is 4.90 Å². The summed E-state index contributed by atoms with van der Waals surface area (Å²) in [5, 5.41) is -1.03. The largest absolute Gasteiger partial charge is 0.303 e. The van der Waals surface area contributed by atoms with Crippen molar-refractivity contribution in [2.75, 3.05) is 6.54 Å². The van der Waals surface area contributed by atoms with Crippen molar-refractivity contribution in [2.24, 2.45) is 5.41 Å². The molecule has 2 amide bonds. The fourth-order valence-electron chi connectivity index (χ4n) is 2.78. The van der Waals surface area contributed by atoms with Crippen LogP contribution in [0.15, 0.2) is 12.2 Å². The number of amides is 2. The van der Waals surface area contributed by atoms with Crippen molar-refractivity contribution in [3.63, 3.8) is 0 Å². The molecule has 0 aromatic rings. The van der Waals surface area contributed by atoms with Crippen LogP contribution in [0.4, 0.5) is 0 Å². The van der Waals surface area contributed by atoms with E-state index in [0.29, 0.717) is 19.1 Å². The van der Waals surface area contributed by atoms with Crippen molar-refractivity contribution >= 4 is 28.2 Å². The van der Waals surface area contributed by atoms with Crippen molar-refractivity contribution in [3.8, 4) is 0 Å². The summed E-state index contributed by atoms with van der Waals surface area (Å²) in [6, 6.07) is 0. The molecular formula is C12H15NO6S. The Bertz CT molecular complexity index is 563. The fraction of sp³-hybridized carbons (Fsp3) is 0.583. The monoisotopic (exact) mass is 301 g/mol. The molecule has 1 N–H and O–H groups in total. The smallest absolute Gasteiger partial charge is 0.267 e. The Labute approximate surface area is 116 Å². The highest BCUT2D eigenvalue weighted by Crippen LogP contribution is 2.38. The molecule has 1 saturated carbocycles. The van der Waals surface area contributed by atoms with Crippen LogP contribution in [0.1, 0.15) is 25.7 Å². The molecule has 0 aromatic heterocycles. The number of hydrogen-bond acceptors (Lipinski definition) is 5. The van der Waals surface area contributed by atoms with Gasteiger partial charge in [-0.25, -0.2) is 0 Å². The summed E-state index contributed by atoms with van der Waals surface area (Å²) in [4.78, 5) is 35.4. The maximum atomic E-state index is 11.5. The number of rotatable bonds is 4. The Kier molecular flexibility index (Phi) is 3.79. The highest BCUT2D eigenvalue weighted by atomic mass is 32.2. The summed E-state index contributed by atoms with van der Waals surface area (Å²) in [6.45, 7) is -0.146. The molecule has 20 heavy (non-hydrogen) atoms. The summed E-state index contributed by atoms with van der Waals surface area (Å²) >= 11 is 0. The first-order valence-electron chi connectivity index (χ1n) is 6.24. The molecule has 8 heteroatoms. The average molecular weight is 301 g/mol. The van der Waals surface area contributed by atoms with Gasteiger partial charge >= 0.3 is 0 Å². The Balaban J connectivity index is 2.19. The molecule has 2 rings (SSSR count). The molecule has 0 bridgehead atoms. The second-order valence-electron chi connectivity index (χ2n) is 5.31. The molecule has 1 fully saturated rings. The Hall–Kier alpha value is -1.54. The van der Waals surface area contributed by atoms with Gasteiger partial charge < -0.3 is 4.79 Å². The predicted molar refractivity (Wildman–Crippen MR) is 68.2 cm³/mol. The molecule has 1 aliphatic heterocycles. The molecule has 0 radical (unpaired) electrons. The van der Waals surface area contributed by atoms with Gasteiger partial charge in [-0.2, -0.15) is 8.42 Å². The van der Waals surface area contributed by atoms with Crippen LogP contribution in [0.25, 0.3) is 0 Å². The molecule has 1 aliphatic carbocycles. The van der Waals surface area contributed by atoms with Gasteiger partial charge in [-0.3, -0.25) is 19.0 Å². The zero-order chi connectivity index (χ0) is 15.0. The maximum Gasteiger partial charge on any atom is 0.267 e. The van der Waals surface area contributed by atoms with Gasteiger partial charge in [-0.1, -0.05) is 6.42 Å². The summed E-state index contributed by atoms with van der Waals surface area (Å²) in [5.41, 5.74) is -1.10. The predicted octanol–water partition coefficient (Wildman–Crippen LogP) is -0.0729. The molecular weight excluding hydrogens is 286 g/mol. The van der Waals surface area contributed by atoms with Gasteiger partial charge in [0.15, 0.2) is 0 Å². The quantitative estimate of drug-likeness (QED) is 0.442. The number of aldehydes is 1. The number of carbonyl (C=O) groups is 3. The van der Waals surface area contributed by atoms with E-state index >= 15 is 0 Å². The topological polar surface area (TPSA) is 109 Å². The lowest BCUT2D eigenvalue weighted by atomic mass is 9.74. The van der Waals surface area contributed by atoms with Crippen LogP contribution < -0.4 is 0 Å². The summed E-state index contributed by atoms with van der Waals surface area (Å²) in [7, 11) is -4.23. The summed E-state index contributed by atoms with van der Waals surface area (Å²) in [6.07, 6.45) is 3.85. The molecule has 110 valence electrons. The Morgan fingerprint density at radius 3 is 2.45 bits per heavy atom. The van der Waals surface area contributed by atoms with Crippen molar-refractivity contribution in [2.45, 2.75) is 30.9 Å². The highest BCUT2D eigenvalue weighted by Gasteiger charge is 2.44. The third-order valence-electron chi connectivity index (χ3n) is 3.88. The molecule has 0 aromatic carbocycles. The van der Waals surface area contributed by atoms with Crippen LogP contribution >= 0.6 is 0 Å². The maximum absolute atomic E-state index is 11.5. The van der Waals surface area contributed by atoms with E-state index in [4.69, 9.17) is 4.55 Å². The third-order valence-corrected chi connectivity index (χ3v) is 5.12. The first kappa shape index (κ1) is 14.9. The van der Waals surface area contributed by atoms with E-state index in [1.54, 1.807) is 0 Å². The minimum absolute atomic E-state index is 0.0770. The van der Waals surface area contributed by atoms with Crippen molar-refractivity contribution < 1.29 is 27.4 Å². The van der Waals surface area contributed by atoms with Gasteiger partial charge in [0.1, 0.15) is 6.29 Å². The molecule has 1 heterocycles. The number of nitrogens with zero attached hydrogens (tertiary/aromatic N) is 1. The van der Waals surface area contributed by atoms with Crippen LogP contribution in [0.5, 0.6) is 0 Å². The van der Waals surface area contributed by atoms with Gasteiger partial charge in [0.05, 0.1) is 5.25 Å². The Morgan fingerprint density at radius 2 is 1.95 bits per heavy atom. The standard InChI is InChI=1S/C12H15NO6S/c14-8-12(7-13-10(15)3-4-11(13)16)5-1-2-9(6-12)20(17,18)19/h3-4,8-9H,1-2,5-7H2,(H,17,18,19). The van der Waals surface area contributed by atoms with Gasteiger partial charge in [-0.05, 0) is 19.3 Å². The second-order valence-corrected chi connectivity index (χ2v) is 7.01. The first-order valence-corrected chi connectivity index (χ1v) is 7.74. The zero-order valence-electron chi connectivity index (χ0n) is 10.7. The van der Waals surface area contributed by atoms with Crippen LogP contribution in [-0.2, 0) is 24.5 Å². The van der Waals surface area contributed by atoms with E-state index < -0.39 is 32.6 Å². The van der Waals surface area contributed by atoms with E-state index in [-0.39, 0.29) is 19.4 Å². The van der Waals surface area contributed by atoms with Crippen LogP contribution in [0, 0.1) is 5.41 Å². The van der Waals surface area contributed by atoms with E-state index in [2.05, 4.69) is 0 Å². The molecule has 2 aliphatic rings. The average Bonchev–Trinajstić information content (AvgIpc) is 2.70. The molecule has 2 atom stereocenters. The van der Waals surface area contributed by atoms with E-state index in [9.17, 15) is 22.8 Å². The van der Waals surface area contributed by atoms with Gasteiger partial charge in [0, 0.05) is 24.1 Å². The molecule has 0 spiro atoms. The van der Waals surface area contributed by atoms with Gasteiger partial charge in [0.25, 0.3) is 21.9 Å². The first-order chi connectivity index (χ1) is 9.27. The van der Waals surface area contributed by atoms with Gasteiger partial charge in [-0.15, -0.1) is 0 Å². The van der Waals surface area contributed by atoms with Crippen LogP contribution in [0.3, 0.4) is 0 Å². The minimum atomic E-state index is -4.23. The highest BCUT2D eigenvalue weighted by molar-refractivity contribution is 7.86. The number of imide groups is 1. The molecule has 2 unspecified atom stereocenters. The van der Waals surface area contributed by atoms with Crippen molar-refractivity contribution in [1.29, 1.82) is 0 Å². The SMILES string of the molecule is O=CC1(CN2C(=O)C=CC2=O)CCCC(S(=O)(=O)O)C1. The van der Waals surface area contributed by atoms with E-state index in [0.717, 1.165) is 17.1 Å². The lowest BCUT2D eigenvalue weighted by Gasteiger charge is -2.37. The number of hydrogen-bond donors (Lipinski definition) is 1. The van der Waals surface area contributed by atoms with E-state index in [1.165, 1.54) is 0 Å². The zero-order valence-corrected chi connectivity index (χ0v) is 11.5. The fourth-order valence-corrected chi connectivity index (χ4v) is 3.79. The lowest BCUT2D eigenvalue weighted by Crippen LogP contribution is -2.46. The second kappa shape index (κ2) is 5.10. The van der Waals surface area contributed by atoms with E-state index in [1.807, 2.05) is 0 Å². The number of carbonyl (C=O) groups excluding carboxylic acids is 3. The summed E-state index contributed by atoms with van der Waals surface area (Å²) in [5.74, 6) is -1.02. The van der Waals surface area contributed by atoms with Crippen LogP contribution in [-0.4, -0.2) is 47.8 Å². The lowest BCUT2D eigenvalue weighted by molar-refractivity contribution is -0.140. The molecule has 0 saturated heterocycles. The van der Waals surface area contributed by atoms with Crippen molar-refractivity contribution in [3.05, 3.63) is 12.2 Å². The third kappa shape index (κ3) is 2.80.